The zero-order valence-corrected chi connectivity index (χ0v) is 10.1. The van der Waals surface area contributed by atoms with Crippen molar-refractivity contribution < 1.29 is 4.39 Å². The molecule has 0 fully saturated rings. The Hall–Kier alpha value is -1.84. The molecule has 90 valence electrons. The van der Waals surface area contributed by atoms with Crippen molar-refractivity contribution in [3.63, 3.8) is 0 Å². The van der Waals surface area contributed by atoms with Gasteiger partial charge >= 0.3 is 0 Å². The molecule has 1 N–H and O–H groups in total. The van der Waals surface area contributed by atoms with Gasteiger partial charge in [-0.25, -0.2) is 4.39 Å². The normalized spacial score (nSPS) is 10.5. The van der Waals surface area contributed by atoms with E-state index in [9.17, 15) is 4.39 Å². The minimum Gasteiger partial charge on any atom is -0.377 e. The fraction of sp³-hybridized carbons (Fsp3) is 0.308. The summed E-state index contributed by atoms with van der Waals surface area (Å²) in [6.45, 7) is 5.35. The van der Waals surface area contributed by atoms with Crippen molar-refractivity contribution in [3.8, 4) is 0 Å². The minimum absolute atomic E-state index is 0.231. The van der Waals surface area contributed by atoms with Crippen LogP contribution in [0, 0.1) is 12.7 Å². The van der Waals surface area contributed by atoms with Crippen LogP contribution in [-0.2, 0) is 13.1 Å². The molecule has 0 saturated carbocycles. The first-order valence-corrected chi connectivity index (χ1v) is 5.71. The lowest BCUT2D eigenvalue weighted by atomic mass is 10.2. The van der Waals surface area contributed by atoms with Crippen LogP contribution in [0.5, 0.6) is 0 Å². The molecule has 17 heavy (non-hydrogen) atoms. The van der Waals surface area contributed by atoms with Crippen molar-refractivity contribution in [1.29, 1.82) is 0 Å². The van der Waals surface area contributed by atoms with E-state index < -0.39 is 0 Å². The number of hydrogen-bond donors (Lipinski definition) is 1. The van der Waals surface area contributed by atoms with Gasteiger partial charge in [-0.3, -0.25) is 4.68 Å². The van der Waals surface area contributed by atoms with Crippen LogP contribution in [0.2, 0.25) is 0 Å². The molecule has 0 saturated heterocycles. The second kappa shape index (κ2) is 4.99. The Morgan fingerprint density at radius 3 is 2.88 bits per heavy atom. The lowest BCUT2D eigenvalue weighted by Gasteiger charge is -2.06. The molecule has 1 aromatic heterocycles. The van der Waals surface area contributed by atoms with Crippen LogP contribution in [0.1, 0.15) is 18.2 Å². The number of aromatic nitrogens is 2. The second-order valence-corrected chi connectivity index (χ2v) is 4.00. The van der Waals surface area contributed by atoms with E-state index in [0.29, 0.717) is 12.2 Å². The molecule has 4 heteroatoms. The fourth-order valence-corrected chi connectivity index (χ4v) is 1.63. The standard InChI is InChI=1S/C13H16FN3/c1-3-17-7-6-11(16-17)9-15-13-8-10(2)4-5-12(13)14/h4-8,15H,3,9H2,1-2H3. The minimum atomic E-state index is -0.231. The summed E-state index contributed by atoms with van der Waals surface area (Å²) < 4.78 is 15.3. The van der Waals surface area contributed by atoms with E-state index in [1.165, 1.54) is 6.07 Å². The number of nitrogens with one attached hydrogen (secondary N) is 1. The number of nitrogens with zero attached hydrogens (tertiary/aromatic N) is 2. The van der Waals surface area contributed by atoms with E-state index in [0.717, 1.165) is 17.8 Å². The van der Waals surface area contributed by atoms with Crippen molar-refractivity contribution in [3.05, 3.63) is 47.5 Å². The Kier molecular flexibility index (Phi) is 3.42. The number of anilines is 1. The van der Waals surface area contributed by atoms with Gasteiger partial charge in [0, 0.05) is 12.7 Å². The Labute approximate surface area is 100 Å². The van der Waals surface area contributed by atoms with E-state index in [4.69, 9.17) is 0 Å². The molecule has 2 aromatic rings. The van der Waals surface area contributed by atoms with E-state index in [1.807, 2.05) is 30.8 Å². The van der Waals surface area contributed by atoms with E-state index >= 15 is 0 Å². The lowest BCUT2D eigenvalue weighted by molar-refractivity contribution is 0.628. The van der Waals surface area contributed by atoms with Crippen molar-refractivity contribution in [1.82, 2.24) is 9.78 Å². The fourth-order valence-electron chi connectivity index (χ4n) is 1.63. The van der Waals surface area contributed by atoms with Crippen molar-refractivity contribution in [2.24, 2.45) is 0 Å². The van der Waals surface area contributed by atoms with Gasteiger partial charge in [-0.15, -0.1) is 0 Å². The predicted molar refractivity (Wildman–Crippen MR) is 66.4 cm³/mol. The molecule has 0 aliphatic rings. The van der Waals surface area contributed by atoms with Crippen LogP contribution in [-0.4, -0.2) is 9.78 Å². The summed E-state index contributed by atoms with van der Waals surface area (Å²) in [5, 5.41) is 7.38. The second-order valence-electron chi connectivity index (χ2n) is 4.00. The summed E-state index contributed by atoms with van der Waals surface area (Å²) in [5.74, 6) is -0.231. The predicted octanol–water partition coefficient (Wildman–Crippen LogP) is 2.96. The van der Waals surface area contributed by atoms with Crippen molar-refractivity contribution in [2.45, 2.75) is 26.9 Å². The average Bonchev–Trinajstić information content (AvgIpc) is 2.78. The first-order chi connectivity index (χ1) is 8.19. The molecule has 0 amide bonds. The molecule has 0 radical (unpaired) electrons. The van der Waals surface area contributed by atoms with Crippen LogP contribution in [0.3, 0.4) is 0 Å². The highest BCUT2D eigenvalue weighted by Gasteiger charge is 2.03. The van der Waals surface area contributed by atoms with Crippen LogP contribution >= 0.6 is 0 Å². The molecule has 0 aliphatic heterocycles. The van der Waals surface area contributed by atoms with Gasteiger partial charge in [0.05, 0.1) is 17.9 Å². The lowest BCUT2D eigenvalue weighted by Crippen LogP contribution is -2.03. The molecule has 0 spiro atoms. The molecule has 1 heterocycles. The zero-order chi connectivity index (χ0) is 12.3. The first kappa shape index (κ1) is 11.6. The van der Waals surface area contributed by atoms with Gasteiger partial charge < -0.3 is 5.32 Å². The van der Waals surface area contributed by atoms with Crippen LogP contribution in [0.15, 0.2) is 30.5 Å². The van der Waals surface area contributed by atoms with E-state index in [2.05, 4.69) is 10.4 Å². The highest BCUT2D eigenvalue weighted by atomic mass is 19.1. The Bertz CT molecular complexity index is 505. The summed E-state index contributed by atoms with van der Waals surface area (Å²) in [4.78, 5) is 0. The molecule has 2 rings (SSSR count). The number of aryl methyl sites for hydroxylation is 2. The molecular formula is C13H16FN3. The van der Waals surface area contributed by atoms with E-state index in [-0.39, 0.29) is 5.82 Å². The van der Waals surface area contributed by atoms with Gasteiger partial charge in [0.15, 0.2) is 0 Å². The maximum Gasteiger partial charge on any atom is 0.146 e. The van der Waals surface area contributed by atoms with Gasteiger partial charge in [-0.2, -0.15) is 5.10 Å². The molecule has 0 bridgehead atoms. The first-order valence-electron chi connectivity index (χ1n) is 5.71. The average molecular weight is 233 g/mol. The summed E-state index contributed by atoms with van der Waals surface area (Å²) in [5.41, 5.74) is 2.47. The topological polar surface area (TPSA) is 29.9 Å². The van der Waals surface area contributed by atoms with Gasteiger partial charge in [-0.1, -0.05) is 6.07 Å². The molecule has 1 aromatic carbocycles. The van der Waals surface area contributed by atoms with Gasteiger partial charge in [-0.05, 0) is 37.6 Å². The molecule has 0 aliphatic carbocycles. The maximum absolute atomic E-state index is 13.5. The summed E-state index contributed by atoms with van der Waals surface area (Å²) >= 11 is 0. The van der Waals surface area contributed by atoms with Gasteiger partial charge in [0.25, 0.3) is 0 Å². The van der Waals surface area contributed by atoms with Gasteiger partial charge in [0.2, 0.25) is 0 Å². The van der Waals surface area contributed by atoms with E-state index in [1.54, 1.807) is 12.1 Å². The Morgan fingerprint density at radius 2 is 2.18 bits per heavy atom. The van der Waals surface area contributed by atoms with Gasteiger partial charge in [0.1, 0.15) is 5.82 Å². The quantitative estimate of drug-likeness (QED) is 0.879. The molecular weight excluding hydrogens is 217 g/mol. The third kappa shape index (κ3) is 2.84. The number of halogens is 1. The Morgan fingerprint density at radius 1 is 1.35 bits per heavy atom. The SMILES string of the molecule is CCn1ccc(CNc2cc(C)ccc2F)n1. The van der Waals surface area contributed by atoms with Crippen molar-refractivity contribution >= 4 is 5.69 Å². The summed E-state index contributed by atoms with van der Waals surface area (Å²) in [6, 6.07) is 6.96. The largest absolute Gasteiger partial charge is 0.377 e. The third-order valence-electron chi connectivity index (χ3n) is 2.60. The van der Waals surface area contributed by atoms with Crippen LogP contribution in [0.25, 0.3) is 0 Å². The number of hydrogen-bond acceptors (Lipinski definition) is 2. The maximum atomic E-state index is 13.5. The molecule has 0 atom stereocenters. The van der Waals surface area contributed by atoms with Crippen LogP contribution < -0.4 is 5.32 Å². The highest BCUT2D eigenvalue weighted by Crippen LogP contribution is 2.16. The summed E-state index contributed by atoms with van der Waals surface area (Å²) in [6.07, 6.45) is 1.92. The zero-order valence-electron chi connectivity index (χ0n) is 10.1. The molecule has 0 unspecified atom stereocenters. The Balaban J connectivity index is 2.04. The summed E-state index contributed by atoms with van der Waals surface area (Å²) in [7, 11) is 0. The van der Waals surface area contributed by atoms with Crippen molar-refractivity contribution in [2.75, 3.05) is 5.32 Å². The molecule has 3 nitrogen and oxygen atoms in total. The number of rotatable bonds is 4. The number of benzene rings is 1. The highest BCUT2D eigenvalue weighted by molar-refractivity contribution is 5.47. The monoisotopic (exact) mass is 233 g/mol. The smallest absolute Gasteiger partial charge is 0.146 e. The third-order valence-corrected chi connectivity index (χ3v) is 2.60. The van der Waals surface area contributed by atoms with Crippen LogP contribution in [0.4, 0.5) is 10.1 Å².